The molecule has 0 saturated carbocycles. The smallest absolute Gasteiger partial charge is 0.160 e. The fourth-order valence-electron chi connectivity index (χ4n) is 5.29. The van der Waals surface area contributed by atoms with E-state index in [0.29, 0.717) is 5.82 Å². The number of hydrogen-bond acceptors (Lipinski definition) is 4. The largest absolute Gasteiger partial charge is 0.251 e. The van der Waals surface area contributed by atoms with Gasteiger partial charge >= 0.3 is 0 Å². The number of nitrogens with zero attached hydrogens (tertiary/aromatic N) is 4. The molecule has 0 fully saturated rings. The summed E-state index contributed by atoms with van der Waals surface area (Å²) in [5, 5.41) is 3.25. The van der Waals surface area contributed by atoms with E-state index in [1.165, 1.54) is 0 Å². The van der Waals surface area contributed by atoms with Crippen LogP contribution in [0.25, 0.3) is 66.5 Å². The first kappa shape index (κ1) is 23.2. The van der Waals surface area contributed by atoms with Crippen molar-refractivity contribution >= 4 is 32.7 Å². The topological polar surface area (TPSA) is 51.6 Å². The summed E-state index contributed by atoms with van der Waals surface area (Å²) < 4.78 is 0. The van der Waals surface area contributed by atoms with Crippen LogP contribution in [-0.2, 0) is 6.42 Å². The van der Waals surface area contributed by atoms with E-state index in [1.807, 2.05) is 37.3 Å². The maximum Gasteiger partial charge on any atom is 0.160 e. The highest BCUT2D eigenvalue weighted by molar-refractivity contribution is 6.08. The molecule has 7 aromatic rings. The Kier molecular flexibility index (Phi) is 5.59. The Balaban J connectivity index is 1.44. The van der Waals surface area contributed by atoms with E-state index in [2.05, 4.69) is 85.8 Å². The average molecular weight is 503 g/mol. The molecule has 0 bridgehead atoms. The van der Waals surface area contributed by atoms with Crippen LogP contribution in [0.5, 0.6) is 0 Å². The first-order valence-electron chi connectivity index (χ1n) is 13.3. The van der Waals surface area contributed by atoms with E-state index in [1.54, 1.807) is 0 Å². The number of pyridine rings is 2. The molecule has 0 aliphatic heterocycles. The lowest BCUT2D eigenvalue weighted by Gasteiger charge is -2.13. The first-order chi connectivity index (χ1) is 19.2. The summed E-state index contributed by atoms with van der Waals surface area (Å²) in [5.74, 6) is 0.714. The van der Waals surface area contributed by atoms with Crippen LogP contribution in [0.15, 0.2) is 109 Å². The summed E-state index contributed by atoms with van der Waals surface area (Å²) in [7, 11) is 0. The minimum Gasteiger partial charge on any atom is -0.251 e. The molecule has 4 aromatic carbocycles. The number of benzene rings is 4. The zero-order valence-electron chi connectivity index (χ0n) is 21.9. The Morgan fingerprint density at radius 2 is 1.33 bits per heavy atom. The number of hydrogen-bond donors (Lipinski definition) is 0. The van der Waals surface area contributed by atoms with Gasteiger partial charge in [0, 0.05) is 38.7 Å². The second kappa shape index (κ2) is 9.41. The Bertz CT molecular complexity index is 2010. The molecule has 0 radical (unpaired) electrons. The standard InChI is InChI=1S/C35H26N4/c1-3-27-21-30(28-19-18-24-17-16-22(2)36-33(24)34(28)37-27)25-12-9-13-26(20-25)35-38-31-15-8-7-14-29(31)32(39-35)23-10-5-4-6-11-23/h4-21H,3H2,1-2H3. The van der Waals surface area contributed by atoms with Crippen molar-refractivity contribution in [3.63, 3.8) is 0 Å². The van der Waals surface area contributed by atoms with Gasteiger partial charge in [-0.2, -0.15) is 0 Å². The molecule has 0 saturated heterocycles. The van der Waals surface area contributed by atoms with E-state index < -0.39 is 0 Å². The highest BCUT2D eigenvalue weighted by atomic mass is 14.9. The Labute approximate surface area is 227 Å². The van der Waals surface area contributed by atoms with Crippen LogP contribution in [0.4, 0.5) is 0 Å². The van der Waals surface area contributed by atoms with Gasteiger partial charge in [-0.15, -0.1) is 0 Å². The second-order valence-electron chi connectivity index (χ2n) is 9.86. The highest BCUT2D eigenvalue weighted by Gasteiger charge is 2.15. The van der Waals surface area contributed by atoms with Crippen LogP contribution in [-0.4, -0.2) is 19.9 Å². The molecule has 3 aromatic heterocycles. The van der Waals surface area contributed by atoms with Gasteiger partial charge in [-0.05, 0) is 48.7 Å². The average Bonchev–Trinajstić information content (AvgIpc) is 3.00. The van der Waals surface area contributed by atoms with E-state index in [0.717, 1.165) is 78.5 Å². The molecule has 0 unspecified atom stereocenters. The minimum atomic E-state index is 0.714. The summed E-state index contributed by atoms with van der Waals surface area (Å²) in [6, 6.07) is 37.8. The summed E-state index contributed by atoms with van der Waals surface area (Å²) in [5.41, 5.74) is 10.1. The van der Waals surface area contributed by atoms with Crippen LogP contribution in [0.1, 0.15) is 18.3 Å². The second-order valence-corrected chi connectivity index (χ2v) is 9.86. The number of rotatable bonds is 4. The first-order valence-corrected chi connectivity index (χ1v) is 13.3. The fraction of sp³-hybridized carbons (Fsp3) is 0.0857. The highest BCUT2D eigenvalue weighted by Crippen LogP contribution is 2.35. The zero-order chi connectivity index (χ0) is 26.3. The molecule has 0 aliphatic rings. The van der Waals surface area contributed by atoms with Gasteiger partial charge in [0.25, 0.3) is 0 Å². The maximum absolute atomic E-state index is 5.09. The van der Waals surface area contributed by atoms with Crippen molar-refractivity contribution in [2.45, 2.75) is 20.3 Å². The molecular weight excluding hydrogens is 476 g/mol. The monoisotopic (exact) mass is 502 g/mol. The number of para-hydroxylation sites is 1. The summed E-state index contributed by atoms with van der Waals surface area (Å²) in [6.07, 6.45) is 0.846. The molecule has 0 aliphatic carbocycles. The van der Waals surface area contributed by atoms with Gasteiger partial charge < -0.3 is 0 Å². The van der Waals surface area contributed by atoms with Crippen molar-refractivity contribution in [2.75, 3.05) is 0 Å². The van der Waals surface area contributed by atoms with Gasteiger partial charge in [0.15, 0.2) is 5.82 Å². The van der Waals surface area contributed by atoms with Gasteiger partial charge in [0.2, 0.25) is 0 Å². The molecule has 3 heterocycles. The molecule has 39 heavy (non-hydrogen) atoms. The lowest BCUT2D eigenvalue weighted by atomic mass is 9.96. The molecule has 0 amide bonds. The van der Waals surface area contributed by atoms with Crippen molar-refractivity contribution in [3.05, 3.63) is 121 Å². The van der Waals surface area contributed by atoms with Crippen molar-refractivity contribution in [3.8, 4) is 33.8 Å². The van der Waals surface area contributed by atoms with Crippen LogP contribution in [0, 0.1) is 6.92 Å². The van der Waals surface area contributed by atoms with E-state index in [4.69, 9.17) is 19.9 Å². The summed E-state index contributed by atoms with van der Waals surface area (Å²) >= 11 is 0. The molecule has 7 rings (SSSR count). The number of aryl methyl sites for hydroxylation is 2. The third kappa shape index (κ3) is 4.11. The maximum atomic E-state index is 5.09. The molecule has 0 atom stereocenters. The van der Waals surface area contributed by atoms with Gasteiger partial charge in [0.05, 0.1) is 22.2 Å². The third-order valence-electron chi connectivity index (χ3n) is 7.28. The third-order valence-corrected chi connectivity index (χ3v) is 7.28. The molecular formula is C35H26N4. The molecule has 0 spiro atoms. The predicted octanol–water partition coefficient (Wildman–Crippen LogP) is 8.60. The lowest BCUT2D eigenvalue weighted by molar-refractivity contribution is 1.06. The predicted molar refractivity (Wildman–Crippen MR) is 161 cm³/mol. The Morgan fingerprint density at radius 1 is 0.564 bits per heavy atom. The van der Waals surface area contributed by atoms with Crippen LogP contribution < -0.4 is 0 Å². The van der Waals surface area contributed by atoms with Gasteiger partial charge in [-0.3, -0.25) is 9.97 Å². The molecule has 4 nitrogen and oxygen atoms in total. The lowest BCUT2D eigenvalue weighted by Crippen LogP contribution is -1.96. The number of aromatic nitrogens is 4. The van der Waals surface area contributed by atoms with Gasteiger partial charge in [-0.1, -0.05) is 91.9 Å². The van der Waals surface area contributed by atoms with Crippen molar-refractivity contribution < 1.29 is 0 Å². The fourth-order valence-corrected chi connectivity index (χ4v) is 5.29. The Morgan fingerprint density at radius 3 is 2.21 bits per heavy atom. The number of fused-ring (bicyclic) bond motifs is 4. The molecule has 4 heteroatoms. The van der Waals surface area contributed by atoms with Crippen LogP contribution in [0.2, 0.25) is 0 Å². The molecule has 0 N–H and O–H groups in total. The van der Waals surface area contributed by atoms with Crippen LogP contribution >= 0.6 is 0 Å². The normalized spacial score (nSPS) is 11.4. The van der Waals surface area contributed by atoms with E-state index in [-0.39, 0.29) is 0 Å². The Hall–Kier alpha value is -4.96. The van der Waals surface area contributed by atoms with Crippen molar-refractivity contribution in [1.29, 1.82) is 0 Å². The summed E-state index contributed by atoms with van der Waals surface area (Å²) in [4.78, 5) is 20.0. The van der Waals surface area contributed by atoms with Gasteiger partial charge in [0.1, 0.15) is 0 Å². The zero-order valence-corrected chi connectivity index (χ0v) is 21.9. The minimum absolute atomic E-state index is 0.714. The molecule has 186 valence electrons. The van der Waals surface area contributed by atoms with E-state index in [9.17, 15) is 0 Å². The quantitative estimate of drug-likeness (QED) is 0.226. The van der Waals surface area contributed by atoms with Gasteiger partial charge in [-0.25, -0.2) is 9.97 Å². The SMILES string of the molecule is CCc1cc(-c2cccc(-c3nc(-c4ccccc4)c4ccccc4n3)c2)c2ccc3ccc(C)nc3c2n1. The van der Waals surface area contributed by atoms with Crippen LogP contribution in [0.3, 0.4) is 0 Å². The summed E-state index contributed by atoms with van der Waals surface area (Å²) in [6.45, 7) is 4.17. The van der Waals surface area contributed by atoms with E-state index >= 15 is 0 Å². The van der Waals surface area contributed by atoms with Crippen molar-refractivity contribution in [2.24, 2.45) is 0 Å². The van der Waals surface area contributed by atoms with Crippen molar-refractivity contribution in [1.82, 2.24) is 19.9 Å².